The maximum absolute atomic E-state index is 5.63. The molecule has 3 rings (SSSR count). The summed E-state index contributed by atoms with van der Waals surface area (Å²) in [5.41, 5.74) is 0.922. The zero-order valence-corrected chi connectivity index (χ0v) is 11.5. The fourth-order valence-electron chi connectivity index (χ4n) is 2.30. The Morgan fingerprint density at radius 1 is 1.20 bits per heavy atom. The number of para-hydroxylation sites is 1. The number of morpholine rings is 1. The van der Waals surface area contributed by atoms with Crippen molar-refractivity contribution in [1.29, 1.82) is 0 Å². The Morgan fingerprint density at radius 2 is 2.05 bits per heavy atom. The maximum atomic E-state index is 5.63. The molecular weight excluding hydrogens is 254 g/mol. The van der Waals surface area contributed by atoms with Gasteiger partial charge in [-0.1, -0.05) is 18.2 Å². The summed E-state index contributed by atoms with van der Waals surface area (Å²) in [5, 5.41) is 1.04. The second-order valence-electron chi connectivity index (χ2n) is 4.87. The van der Waals surface area contributed by atoms with Gasteiger partial charge in [0.1, 0.15) is 0 Å². The number of benzene rings is 1. The van der Waals surface area contributed by atoms with Crippen LogP contribution >= 0.6 is 0 Å². The molecule has 1 fully saturated rings. The smallest absolute Gasteiger partial charge is 0.316 e. The van der Waals surface area contributed by atoms with Crippen molar-refractivity contribution < 1.29 is 9.47 Å². The highest BCUT2D eigenvalue weighted by molar-refractivity contribution is 5.77. The summed E-state index contributed by atoms with van der Waals surface area (Å²) in [5.74, 6) is 0. The van der Waals surface area contributed by atoms with E-state index in [-0.39, 0.29) is 0 Å². The standard InChI is InChI=1S/C15H19N3O2/c1-2-5-14-13(4-1)12-16-15(17-14)20-9-3-6-18-7-10-19-11-8-18/h1-2,4-5,12H,3,6-11H2. The Balaban J connectivity index is 1.47. The quantitative estimate of drug-likeness (QED) is 0.776. The average Bonchev–Trinajstić information content (AvgIpc) is 2.52. The second kappa shape index (κ2) is 6.63. The summed E-state index contributed by atoms with van der Waals surface area (Å²) in [6.45, 7) is 5.41. The van der Waals surface area contributed by atoms with Gasteiger partial charge in [0, 0.05) is 31.2 Å². The summed E-state index contributed by atoms with van der Waals surface area (Å²) in [6, 6.07) is 8.38. The van der Waals surface area contributed by atoms with E-state index >= 15 is 0 Å². The third-order valence-corrected chi connectivity index (χ3v) is 3.42. The molecule has 1 aliphatic rings. The van der Waals surface area contributed by atoms with Gasteiger partial charge in [0.25, 0.3) is 0 Å². The largest absolute Gasteiger partial charge is 0.463 e. The van der Waals surface area contributed by atoms with Gasteiger partial charge in [-0.2, -0.15) is 4.98 Å². The van der Waals surface area contributed by atoms with Crippen molar-refractivity contribution in [2.75, 3.05) is 39.5 Å². The molecule has 0 unspecified atom stereocenters. The number of hydrogen-bond donors (Lipinski definition) is 0. The van der Waals surface area contributed by atoms with Gasteiger partial charge in [-0.25, -0.2) is 4.98 Å². The van der Waals surface area contributed by atoms with Crippen molar-refractivity contribution in [2.24, 2.45) is 0 Å². The van der Waals surface area contributed by atoms with Crippen LogP contribution in [0.1, 0.15) is 6.42 Å². The predicted octanol–water partition coefficient (Wildman–Crippen LogP) is 1.73. The molecule has 1 aromatic carbocycles. The van der Waals surface area contributed by atoms with Crippen LogP contribution in [0.2, 0.25) is 0 Å². The van der Waals surface area contributed by atoms with Crippen LogP contribution in [-0.2, 0) is 4.74 Å². The topological polar surface area (TPSA) is 47.5 Å². The summed E-state index contributed by atoms with van der Waals surface area (Å²) in [7, 11) is 0. The van der Waals surface area contributed by atoms with Crippen molar-refractivity contribution in [1.82, 2.24) is 14.9 Å². The summed E-state index contributed by atoms with van der Waals surface area (Å²) in [6.07, 6.45) is 2.79. The highest BCUT2D eigenvalue weighted by Crippen LogP contribution is 2.13. The molecule has 106 valence electrons. The van der Waals surface area contributed by atoms with Crippen molar-refractivity contribution >= 4 is 10.9 Å². The van der Waals surface area contributed by atoms with Crippen LogP contribution in [0.4, 0.5) is 0 Å². The van der Waals surface area contributed by atoms with Crippen molar-refractivity contribution in [3.63, 3.8) is 0 Å². The Labute approximate surface area is 118 Å². The van der Waals surface area contributed by atoms with Gasteiger partial charge in [0.15, 0.2) is 0 Å². The lowest BCUT2D eigenvalue weighted by molar-refractivity contribution is 0.0356. The molecule has 0 atom stereocenters. The van der Waals surface area contributed by atoms with Gasteiger partial charge >= 0.3 is 6.01 Å². The molecular formula is C15H19N3O2. The number of hydrogen-bond acceptors (Lipinski definition) is 5. The molecule has 1 aromatic heterocycles. The van der Waals surface area contributed by atoms with Crippen molar-refractivity contribution in [3.8, 4) is 6.01 Å². The van der Waals surface area contributed by atoms with Crippen LogP contribution in [0.3, 0.4) is 0 Å². The van der Waals surface area contributed by atoms with E-state index in [1.807, 2.05) is 24.3 Å². The summed E-state index contributed by atoms with van der Waals surface area (Å²) >= 11 is 0. The lowest BCUT2D eigenvalue weighted by atomic mass is 10.2. The minimum Gasteiger partial charge on any atom is -0.463 e. The molecule has 2 heterocycles. The second-order valence-corrected chi connectivity index (χ2v) is 4.87. The Hall–Kier alpha value is -1.72. The molecule has 5 heteroatoms. The summed E-state index contributed by atoms with van der Waals surface area (Å²) < 4.78 is 10.9. The molecule has 1 aliphatic heterocycles. The highest BCUT2D eigenvalue weighted by Gasteiger charge is 2.09. The first-order valence-electron chi connectivity index (χ1n) is 7.06. The van der Waals surface area contributed by atoms with E-state index in [4.69, 9.17) is 9.47 Å². The number of nitrogens with zero attached hydrogens (tertiary/aromatic N) is 3. The first-order chi connectivity index (χ1) is 9.92. The lowest BCUT2D eigenvalue weighted by Crippen LogP contribution is -2.37. The lowest BCUT2D eigenvalue weighted by Gasteiger charge is -2.26. The number of ether oxygens (including phenoxy) is 2. The molecule has 2 aromatic rings. The average molecular weight is 273 g/mol. The van der Waals surface area contributed by atoms with Gasteiger partial charge in [-0.3, -0.25) is 4.90 Å². The van der Waals surface area contributed by atoms with Crippen LogP contribution in [0, 0.1) is 0 Å². The van der Waals surface area contributed by atoms with Crippen LogP contribution < -0.4 is 4.74 Å². The molecule has 0 amide bonds. The van der Waals surface area contributed by atoms with Crippen molar-refractivity contribution in [3.05, 3.63) is 30.5 Å². The van der Waals surface area contributed by atoms with Crippen LogP contribution in [0.5, 0.6) is 6.01 Å². The van der Waals surface area contributed by atoms with E-state index in [0.717, 1.165) is 50.2 Å². The normalized spacial score (nSPS) is 16.4. The Kier molecular flexibility index (Phi) is 4.40. The SMILES string of the molecule is c1ccc2nc(OCCCN3CCOCC3)ncc2c1. The minimum atomic E-state index is 0.464. The molecule has 0 aliphatic carbocycles. The van der Waals surface area contributed by atoms with E-state index in [9.17, 15) is 0 Å². The van der Waals surface area contributed by atoms with Gasteiger partial charge in [-0.15, -0.1) is 0 Å². The zero-order chi connectivity index (χ0) is 13.6. The predicted molar refractivity (Wildman–Crippen MR) is 76.9 cm³/mol. The molecule has 0 radical (unpaired) electrons. The first-order valence-corrected chi connectivity index (χ1v) is 7.06. The molecule has 0 N–H and O–H groups in total. The fraction of sp³-hybridized carbons (Fsp3) is 0.467. The molecule has 20 heavy (non-hydrogen) atoms. The Morgan fingerprint density at radius 3 is 2.95 bits per heavy atom. The molecule has 1 saturated heterocycles. The van der Waals surface area contributed by atoms with Gasteiger partial charge in [0.05, 0.1) is 25.3 Å². The van der Waals surface area contributed by atoms with E-state index in [0.29, 0.717) is 12.6 Å². The molecule has 0 saturated carbocycles. The zero-order valence-electron chi connectivity index (χ0n) is 11.5. The Bertz CT molecular complexity index is 556. The minimum absolute atomic E-state index is 0.464. The van der Waals surface area contributed by atoms with Crippen molar-refractivity contribution in [2.45, 2.75) is 6.42 Å². The summed E-state index contributed by atoms with van der Waals surface area (Å²) in [4.78, 5) is 11.0. The van der Waals surface area contributed by atoms with E-state index in [2.05, 4.69) is 14.9 Å². The third kappa shape index (κ3) is 3.43. The number of aromatic nitrogens is 2. The van der Waals surface area contributed by atoms with Crippen LogP contribution in [0.15, 0.2) is 30.5 Å². The molecule has 0 bridgehead atoms. The van der Waals surface area contributed by atoms with E-state index < -0.39 is 0 Å². The number of rotatable bonds is 5. The van der Waals surface area contributed by atoms with E-state index in [1.54, 1.807) is 6.20 Å². The highest BCUT2D eigenvalue weighted by atomic mass is 16.5. The van der Waals surface area contributed by atoms with Crippen LogP contribution in [-0.4, -0.2) is 54.3 Å². The van der Waals surface area contributed by atoms with E-state index in [1.165, 1.54) is 0 Å². The number of fused-ring (bicyclic) bond motifs is 1. The van der Waals surface area contributed by atoms with Gasteiger partial charge in [-0.05, 0) is 12.5 Å². The van der Waals surface area contributed by atoms with Gasteiger partial charge < -0.3 is 9.47 Å². The van der Waals surface area contributed by atoms with Gasteiger partial charge in [0.2, 0.25) is 0 Å². The molecule has 5 nitrogen and oxygen atoms in total. The third-order valence-electron chi connectivity index (χ3n) is 3.42. The fourth-order valence-corrected chi connectivity index (χ4v) is 2.30. The first kappa shape index (κ1) is 13.3. The van der Waals surface area contributed by atoms with Crippen LogP contribution in [0.25, 0.3) is 10.9 Å². The monoisotopic (exact) mass is 273 g/mol. The maximum Gasteiger partial charge on any atom is 0.316 e. The molecule has 0 spiro atoms.